The number of rotatable bonds is 2. The Hall–Kier alpha value is 1.73. The second-order valence-electron chi connectivity index (χ2n) is 1.54. The zero-order valence-corrected chi connectivity index (χ0v) is 14.5. The molecular weight excluding hydrogens is 266 g/mol. The molecule has 0 aromatic carbocycles. The molecule has 0 unspecified atom stereocenters. The van der Waals surface area contributed by atoms with Gasteiger partial charge >= 0.3 is 103 Å². The molecule has 2 N–H and O–H groups in total. The summed E-state index contributed by atoms with van der Waals surface area (Å²) in [6, 6.07) is 0. The van der Waals surface area contributed by atoms with Gasteiger partial charge in [-0.2, -0.15) is 8.75 Å². The number of carboxylic acid groups (broad SMARTS) is 2. The molecule has 0 bridgehead atoms. The molecule has 0 saturated heterocycles. The third kappa shape index (κ3) is 5.72. The van der Waals surface area contributed by atoms with Crippen LogP contribution in [0.15, 0.2) is 0 Å². The molecule has 0 atom stereocenters. The summed E-state index contributed by atoms with van der Waals surface area (Å²) in [5.74, 6) is -3.34. The maximum Gasteiger partial charge on any atom is 1.00 e. The molecule has 0 amide bonds. The standard InChI is InChI=1S/C4H2N2O4S.2K.H2O/c7-3(8)1-2(4(9)10)6-11-5-1;;;/h(H,7,8)(H,9,10);;;1H2/q;2*+1;/p-2. The van der Waals surface area contributed by atoms with Crippen LogP contribution in [0.2, 0.25) is 0 Å². The first-order valence-electron chi connectivity index (χ1n) is 2.38. The molecule has 7 nitrogen and oxygen atoms in total. The predicted molar refractivity (Wildman–Crippen MR) is 32.2 cm³/mol. The van der Waals surface area contributed by atoms with E-state index in [0.717, 1.165) is 0 Å². The van der Waals surface area contributed by atoms with Gasteiger partial charge in [0.05, 0.1) is 23.7 Å². The third-order valence-corrected chi connectivity index (χ3v) is 1.40. The van der Waals surface area contributed by atoms with E-state index in [2.05, 4.69) is 8.75 Å². The van der Waals surface area contributed by atoms with Gasteiger partial charge < -0.3 is 25.3 Å². The molecule has 1 heterocycles. The van der Waals surface area contributed by atoms with E-state index >= 15 is 0 Å². The molecule has 0 fully saturated rings. The summed E-state index contributed by atoms with van der Waals surface area (Å²) < 4.78 is 6.37. The molecule has 14 heavy (non-hydrogen) atoms. The van der Waals surface area contributed by atoms with Crippen LogP contribution in [-0.4, -0.2) is 26.2 Å². The van der Waals surface area contributed by atoms with Crippen LogP contribution in [-0.2, 0) is 0 Å². The van der Waals surface area contributed by atoms with Crippen molar-refractivity contribution in [3.63, 3.8) is 0 Å². The second kappa shape index (κ2) is 9.92. The van der Waals surface area contributed by atoms with E-state index in [9.17, 15) is 19.8 Å². The molecule has 0 aliphatic rings. The van der Waals surface area contributed by atoms with Crippen molar-refractivity contribution in [2.75, 3.05) is 0 Å². The minimum Gasteiger partial charge on any atom is -0.543 e. The molecular formula is C4H2K2N2O5S. The van der Waals surface area contributed by atoms with Crippen molar-refractivity contribution >= 4 is 23.7 Å². The van der Waals surface area contributed by atoms with Crippen LogP contribution in [0.1, 0.15) is 21.0 Å². The summed E-state index contributed by atoms with van der Waals surface area (Å²) in [5, 5.41) is 20.2. The van der Waals surface area contributed by atoms with E-state index < -0.39 is 23.3 Å². The Morgan fingerprint density at radius 1 is 1.00 bits per heavy atom. The van der Waals surface area contributed by atoms with E-state index in [1.54, 1.807) is 0 Å². The molecule has 1 aromatic rings. The first kappa shape index (κ1) is 21.1. The average molecular weight is 268 g/mol. The number of nitrogens with zero attached hydrogens (tertiary/aromatic N) is 2. The summed E-state index contributed by atoms with van der Waals surface area (Å²) in [7, 11) is 0. The maximum absolute atomic E-state index is 10.1. The van der Waals surface area contributed by atoms with E-state index in [1.165, 1.54) is 0 Å². The number of carbonyl (C=O) groups is 2. The number of hydrogen-bond donors (Lipinski definition) is 0. The van der Waals surface area contributed by atoms with Crippen LogP contribution in [0, 0.1) is 0 Å². The molecule has 0 aliphatic heterocycles. The van der Waals surface area contributed by atoms with Crippen LogP contribution in [0.3, 0.4) is 0 Å². The Balaban J connectivity index is -0.000000403. The molecule has 0 aliphatic carbocycles. The Morgan fingerprint density at radius 2 is 1.29 bits per heavy atom. The minimum absolute atomic E-state index is 0. The Bertz CT molecular complexity index is 288. The first-order chi connectivity index (χ1) is 5.13. The van der Waals surface area contributed by atoms with Gasteiger partial charge in [-0.05, 0) is 0 Å². The number of carbonyl (C=O) groups excluding carboxylic acids is 2. The van der Waals surface area contributed by atoms with Crippen LogP contribution in [0.25, 0.3) is 0 Å². The normalized spacial score (nSPS) is 7.43. The van der Waals surface area contributed by atoms with E-state index in [4.69, 9.17) is 0 Å². The molecule has 1 rings (SSSR count). The zero-order valence-electron chi connectivity index (χ0n) is 7.44. The second-order valence-corrected chi connectivity index (χ2v) is 2.06. The van der Waals surface area contributed by atoms with Gasteiger partial charge in [-0.1, -0.05) is 0 Å². The molecule has 1 aromatic heterocycles. The van der Waals surface area contributed by atoms with Gasteiger partial charge in [-0.25, -0.2) is 0 Å². The zero-order chi connectivity index (χ0) is 8.43. The summed E-state index contributed by atoms with van der Waals surface area (Å²) in [5.41, 5.74) is -1.37. The largest absolute Gasteiger partial charge is 1.00 e. The van der Waals surface area contributed by atoms with Gasteiger partial charge in [0.25, 0.3) is 0 Å². The summed E-state index contributed by atoms with van der Waals surface area (Å²) in [6.07, 6.45) is 0. The molecule has 0 spiro atoms. The van der Waals surface area contributed by atoms with Crippen molar-refractivity contribution < 1.29 is 128 Å². The van der Waals surface area contributed by atoms with Crippen LogP contribution >= 0.6 is 11.7 Å². The fourth-order valence-corrected chi connectivity index (χ4v) is 0.983. The van der Waals surface area contributed by atoms with Crippen molar-refractivity contribution in [3.05, 3.63) is 11.4 Å². The Kier molecular flexibility index (Phi) is 14.9. The van der Waals surface area contributed by atoms with Gasteiger partial charge in [0.15, 0.2) is 0 Å². The van der Waals surface area contributed by atoms with Gasteiger partial charge in [-0.15, -0.1) is 0 Å². The number of aromatic nitrogens is 2. The van der Waals surface area contributed by atoms with Crippen molar-refractivity contribution in [2.24, 2.45) is 0 Å². The first-order valence-corrected chi connectivity index (χ1v) is 3.11. The van der Waals surface area contributed by atoms with Gasteiger partial charge in [-0.3, -0.25) is 0 Å². The van der Waals surface area contributed by atoms with Crippen LogP contribution < -0.4 is 113 Å². The Morgan fingerprint density at radius 3 is 1.50 bits per heavy atom. The molecule has 10 heteroatoms. The quantitative estimate of drug-likeness (QED) is 0.488. The number of carboxylic acids is 2. The molecule has 66 valence electrons. The monoisotopic (exact) mass is 268 g/mol. The van der Waals surface area contributed by atoms with Crippen molar-refractivity contribution in [1.82, 2.24) is 8.75 Å². The van der Waals surface area contributed by atoms with Crippen LogP contribution in [0.4, 0.5) is 0 Å². The maximum atomic E-state index is 10.1. The van der Waals surface area contributed by atoms with Gasteiger partial charge in [0.2, 0.25) is 0 Å². The fraction of sp³-hybridized carbons (Fsp3) is 0. The number of aromatic carboxylic acids is 2. The third-order valence-electron chi connectivity index (χ3n) is 0.875. The minimum atomic E-state index is -1.67. The van der Waals surface area contributed by atoms with E-state index in [1.807, 2.05) is 0 Å². The van der Waals surface area contributed by atoms with E-state index in [0.29, 0.717) is 11.7 Å². The van der Waals surface area contributed by atoms with Crippen molar-refractivity contribution in [2.45, 2.75) is 0 Å². The topological polar surface area (TPSA) is 138 Å². The summed E-state index contributed by atoms with van der Waals surface area (Å²) in [4.78, 5) is 20.2. The molecule has 0 radical (unpaired) electrons. The number of hydrogen-bond acceptors (Lipinski definition) is 7. The Labute approximate surface area is 168 Å². The SMILES string of the molecule is O.O=C([O-])c1nsnc1C(=O)[O-].[K+].[K+]. The van der Waals surface area contributed by atoms with Gasteiger partial charge in [0, 0.05) is 0 Å². The average Bonchev–Trinajstić information content (AvgIpc) is 2.32. The van der Waals surface area contributed by atoms with Crippen LogP contribution in [0.5, 0.6) is 0 Å². The molecule has 0 saturated carbocycles. The van der Waals surface area contributed by atoms with Crippen molar-refractivity contribution in [3.8, 4) is 0 Å². The fourth-order valence-electron chi connectivity index (χ4n) is 0.456. The van der Waals surface area contributed by atoms with E-state index in [-0.39, 0.29) is 108 Å². The predicted octanol–water partition coefficient (Wildman–Crippen LogP) is -9.55. The smallest absolute Gasteiger partial charge is 0.543 e. The summed E-state index contributed by atoms with van der Waals surface area (Å²) >= 11 is 0.481. The van der Waals surface area contributed by atoms with Gasteiger partial charge in [0.1, 0.15) is 11.4 Å². The van der Waals surface area contributed by atoms with Crippen molar-refractivity contribution in [1.29, 1.82) is 0 Å². The summed E-state index contributed by atoms with van der Waals surface area (Å²) in [6.45, 7) is 0.